The van der Waals surface area contributed by atoms with Gasteiger partial charge < -0.3 is 20.1 Å². The van der Waals surface area contributed by atoms with Crippen LogP contribution in [0, 0.1) is 0 Å². The van der Waals surface area contributed by atoms with E-state index in [1.165, 1.54) is 6.92 Å². The van der Waals surface area contributed by atoms with Crippen LogP contribution in [0.3, 0.4) is 0 Å². The number of hydrogen-bond donors (Lipinski definition) is 3. The van der Waals surface area contributed by atoms with Crippen LogP contribution in [0.2, 0.25) is 0 Å². The largest absolute Gasteiger partial charge is 0.388 e. The van der Waals surface area contributed by atoms with E-state index in [0.29, 0.717) is 0 Å². The van der Waals surface area contributed by atoms with Crippen LogP contribution in [0.25, 0.3) is 0 Å². The molecule has 1 saturated heterocycles. The van der Waals surface area contributed by atoms with Gasteiger partial charge in [0.05, 0.1) is 6.10 Å². The smallest absolute Gasteiger partial charge is 0.189 e. The zero-order valence-electron chi connectivity index (χ0n) is 6.01. The van der Waals surface area contributed by atoms with Crippen molar-refractivity contribution in [1.82, 2.24) is 0 Å². The third kappa shape index (κ3) is 1.51. The van der Waals surface area contributed by atoms with Gasteiger partial charge in [0.15, 0.2) is 12.5 Å². The van der Waals surface area contributed by atoms with Gasteiger partial charge >= 0.3 is 0 Å². The molecule has 5 atom stereocenters. The Morgan fingerprint density at radius 3 is 2.27 bits per heavy atom. The van der Waals surface area contributed by atoms with Crippen molar-refractivity contribution in [2.45, 2.75) is 37.7 Å². The van der Waals surface area contributed by atoms with E-state index in [4.69, 9.17) is 15.3 Å². The van der Waals surface area contributed by atoms with Gasteiger partial charge in [-0.05, 0) is 6.92 Å². The van der Waals surface area contributed by atoms with Crippen LogP contribution in [0.5, 0.6) is 0 Å². The van der Waals surface area contributed by atoms with Gasteiger partial charge in [-0.3, -0.25) is 0 Å². The molecule has 0 aromatic heterocycles. The molecule has 1 rings (SSSR count). The zero-order chi connectivity index (χ0) is 8.59. The van der Waals surface area contributed by atoms with Crippen LogP contribution >= 0.6 is 0 Å². The highest BCUT2D eigenvalue weighted by Crippen LogP contribution is 2.21. The summed E-state index contributed by atoms with van der Waals surface area (Å²) in [5, 5.41) is 26.7. The van der Waals surface area contributed by atoms with Crippen molar-refractivity contribution in [3.63, 3.8) is 0 Å². The predicted molar refractivity (Wildman–Crippen MR) is 33.5 cm³/mol. The summed E-state index contributed by atoms with van der Waals surface area (Å²) in [6, 6.07) is 0. The molecule has 0 unspecified atom stereocenters. The molecule has 0 aliphatic carbocycles. The maximum Gasteiger partial charge on any atom is 0.189 e. The van der Waals surface area contributed by atoms with E-state index in [2.05, 4.69) is 4.74 Å². The number of ether oxygens (including phenoxy) is 1. The fourth-order valence-corrected chi connectivity index (χ4v) is 1.01. The molecule has 0 spiro atoms. The van der Waals surface area contributed by atoms with Crippen molar-refractivity contribution in [2.75, 3.05) is 0 Å². The van der Waals surface area contributed by atoms with Crippen LogP contribution in [0.1, 0.15) is 6.92 Å². The molecule has 0 radical (unpaired) electrons. The summed E-state index contributed by atoms with van der Waals surface area (Å²) < 4.78 is 17.2. The third-order valence-corrected chi connectivity index (χ3v) is 1.78. The predicted octanol–water partition coefficient (Wildman–Crippen LogP) is -1.22. The van der Waals surface area contributed by atoms with Crippen molar-refractivity contribution in [3.05, 3.63) is 0 Å². The lowest BCUT2D eigenvalue weighted by atomic mass is 10.0. The van der Waals surface area contributed by atoms with E-state index in [1.807, 2.05) is 0 Å². The van der Waals surface area contributed by atoms with Crippen LogP contribution in [-0.4, -0.2) is 46.1 Å². The number of alkyl halides is 1. The van der Waals surface area contributed by atoms with Gasteiger partial charge in [0, 0.05) is 0 Å². The lowest BCUT2D eigenvalue weighted by Gasteiger charge is -2.35. The number of rotatable bonds is 0. The molecule has 3 N–H and O–H groups in total. The molecule has 1 aliphatic heterocycles. The first-order valence-corrected chi connectivity index (χ1v) is 3.37. The van der Waals surface area contributed by atoms with Crippen molar-refractivity contribution in [1.29, 1.82) is 0 Å². The molecular weight excluding hydrogens is 155 g/mol. The minimum atomic E-state index is -1.93. The van der Waals surface area contributed by atoms with Gasteiger partial charge in [-0.1, -0.05) is 0 Å². The van der Waals surface area contributed by atoms with E-state index in [9.17, 15) is 4.39 Å². The molecule has 0 saturated carbocycles. The molecule has 1 fully saturated rings. The maximum absolute atomic E-state index is 12.6. The van der Waals surface area contributed by atoms with Crippen molar-refractivity contribution < 1.29 is 24.4 Å². The SMILES string of the molecule is C[C@@H]1O[C@H](O)[C@@H](F)[C@H](O)[C@@H]1O. The van der Waals surface area contributed by atoms with Crippen LogP contribution < -0.4 is 0 Å². The third-order valence-electron chi connectivity index (χ3n) is 1.78. The number of hydrogen-bond acceptors (Lipinski definition) is 4. The first kappa shape index (κ1) is 8.86. The fraction of sp³-hybridized carbons (Fsp3) is 1.00. The first-order chi connectivity index (χ1) is 5.04. The number of aliphatic hydroxyl groups is 3. The Kier molecular flexibility index (Phi) is 2.43. The van der Waals surface area contributed by atoms with E-state index < -0.39 is 30.8 Å². The Hall–Kier alpha value is -0.230. The molecule has 0 aromatic carbocycles. The lowest BCUT2D eigenvalue weighted by Crippen LogP contribution is -2.54. The molecule has 0 aromatic rings. The standard InChI is InChI=1S/C6H11FO4/c1-2-4(8)5(9)3(7)6(10)11-2/h2-6,8-10H,1H3/t2-,3-,4+,5-,6-/m0/s1. The lowest BCUT2D eigenvalue weighted by molar-refractivity contribution is -0.261. The van der Waals surface area contributed by atoms with Gasteiger partial charge in [0.2, 0.25) is 0 Å². The molecular formula is C6H11FO4. The summed E-state index contributed by atoms with van der Waals surface area (Å²) in [7, 11) is 0. The van der Waals surface area contributed by atoms with E-state index in [0.717, 1.165) is 0 Å². The summed E-state index contributed by atoms with van der Waals surface area (Å²) in [4.78, 5) is 0. The Bertz CT molecular complexity index is 129. The van der Waals surface area contributed by atoms with E-state index >= 15 is 0 Å². The van der Waals surface area contributed by atoms with Crippen molar-refractivity contribution in [2.24, 2.45) is 0 Å². The second-order valence-electron chi connectivity index (χ2n) is 2.66. The monoisotopic (exact) mass is 166 g/mol. The summed E-state index contributed by atoms with van der Waals surface area (Å²) in [6.07, 6.45) is -7.14. The van der Waals surface area contributed by atoms with Gasteiger partial charge in [0.25, 0.3) is 0 Å². The quantitative estimate of drug-likeness (QED) is 0.422. The van der Waals surface area contributed by atoms with Crippen LogP contribution in [-0.2, 0) is 4.74 Å². The number of aliphatic hydroxyl groups excluding tert-OH is 3. The van der Waals surface area contributed by atoms with Gasteiger partial charge in [-0.2, -0.15) is 0 Å². The molecule has 5 heteroatoms. The van der Waals surface area contributed by atoms with Gasteiger partial charge in [-0.25, -0.2) is 4.39 Å². The highest BCUT2D eigenvalue weighted by molar-refractivity contribution is 4.86. The molecule has 11 heavy (non-hydrogen) atoms. The van der Waals surface area contributed by atoms with Crippen LogP contribution in [0.15, 0.2) is 0 Å². The van der Waals surface area contributed by atoms with Crippen LogP contribution in [0.4, 0.5) is 4.39 Å². The van der Waals surface area contributed by atoms with Gasteiger partial charge in [0.1, 0.15) is 12.2 Å². The summed E-state index contributed by atoms with van der Waals surface area (Å²) >= 11 is 0. The molecule has 1 heterocycles. The maximum atomic E-state index is 12.6. The molecule has 1 aliphatic rings. The Morgan fingerprint density at radius 1 is 1.18 bits per heavy atom. The zero-order valence-corrected chi connectivity index (χ0v) is 6.01. The normalized spacial score (nSPS) is 52.6. The highest BCUT2D eigenvalue weighted by atomic mass is 19.1. The van der Waals surface area contributed by atoms with E-state index in [-0.39, 0.29) is 0 Å². The first-order valence-electron chi connectivity index (χ1n) is 3.37. The van der Waals surface area contributed by atoms with Gasteiger partial charge in [-0.15, -0.1) is 0 Å². The minimum Gasteiger partial charge on any atom is -0.388 e. The Morgan fingerprint density at radius 2 is 1.73 bits per heavy atom. The topological polar surface area (TPSA) is 69.9 Å². The molecule has 0 amide bonds. The average Bonchev–Trinajstić information content (AvgIpc) is 1.97. The summed E-state index contributed by atoms with van der Waals surface area (Å²) in [5.41, 5.74) is 0. The number of halogens is 1. The minimum absolute atomic E-state index is 0.744. The van der Waals surface area contributed by atoms with E-state index in [1.54, 1.807) is 0 Å². The summed E-state index contributed by atoms with van der Waals surface area (Å²) in [6.45, 7) is 1.45. The Balaban J connectivity index is 2.63. The molecule has 4 nitrogen and oxygen atoms in total. The second-order valence-corrected chi connectivity index (χ2v) is 2.66. The summed E-state index contributed by atoms with van der Waals surface area (Å²) in [5.74, 6) is 0. The van der Waals surface area contributed by atoms with Crippen molar-refractivity contribution >= 4 is 0 Å². The molecule has 66 valence electrons. The second kappa shape index (κ2) is 3.02. The average molecular weight is 166 g/mol. The fourth-order valence-electron chi connectivity index (χ4n) is 1.01. The highest BCUT2D eigenvalue weighted by Gasteiger charge is 2.42. The molecule has 0 bridgehead atoms. The Labute approximate surface area is 63.2 Å². The van der Waals surface area contributed by atoms with Crippen molar-refractivity contribution in [3.8, 4) is 0 Å².